The van der Waals surface area contributed by atoms with Gasteiger partial charge in [0.25, 0.3) is 0 Å². The number of rotatable bonds is 24. The molecule has 0 aliphatic heterocycles. The van der Waals surface area contributed by atoms with Crippen molar-refractivity contribution in [1.29, 1.82) is 0 Å². The number of unbranched alkanes of at least 4 members (excludes halogenated alkanes) is 9. The number of esters is 2. The molecule has 0 saturated carbocycles. The second-order valence-corrected chi connectivity index (χ2v) is 13.2. The lowest BCUT2D eigenvalue weighted by molar-refractivity contribution is -0.139. The van der Waals surface area contributed by atoms with Crippen molar-refractivity contribution in [3.05, 3.63) is 24.3 Å². The van der Waals surface area contributed by atoms with Crippen molar-refractivity contribution in [2.24, 2.45) is 0 Å². The lowest BCUT2D eigenvalue weighted by Crippen LogP contribution is -2.37. The topological polar surface area (TPSA) is 120 Å². The van der Waals surface area contributed by atoms with Crippen molar-refractivity contribution in [3.8, 4) is 0 Å². The number of nitrogens with one attached hydrogen (secondary N) is 1. The van der Waals surface area contributed by atoms with Crippen molar-refractivity contribution >= 4 is 24.1 Å². The van der Waals surface area contributed by atoms with E-state index in [0.717, 1.165) is 89.9 Å². The first-order chi connectivity index (χ1) is 21.1. The Morgan fingerprint density at radius 2 is 1.09 bits per heavy atom. The highest BCUT2D eigenvalue weighted by Crippen LogP contribution is 2.27. The molecular formula is C35H62N2O8. The van der Waals surface area contributed by atoms with Gasteiger partial charge in [0, 0.05) is 31.3 Å². The average molecular weight is 639 g/mol. The largest absolute Gasteiger partial charge is 0.462 e. The van der Waals surface area contributed by atoms with Crippen LogP contribution in [0.2, 0.25) is 0 Å². The molecule has 45 heavy (non-hydrogen) atoms. The highest BCUT2D eigenvalue weighted by molar-refractivity contribution is 5.87. The van der Waals surface area contributed by atoms with Crippen LogP contribution >= 0.6 is 0 Å². The first-order valence-corrected chi connectivity index (χ1v) is 16.6. The van der Waals surface area contributed by atoms with E-state index in [1.165, 1.54) is 0 Å². The van der Waals surface area contributed by atoms with E-state index in [0.29, 0.717) is 37.4 Å². The predicted octanol–water partition coefficient (Wildman–Crippen LogP) is 8.04. The lowest BCUT2D eigenvalue weighted by Gasteiger charge is -2.30. The molecule has 0 saturated heterocycles. The van der Waals surface area contributed by atoms with Gasteiger partial charge in [0.2, 0.25) is 0 Å². The van der Waals surface area contributed by atoms with Crippen LogP contribution in [0.5, 0.6) is 0 Å². The van der Waals surface area contributed by atoms with E-state index in [1.54, 1.807) is 25.8 Å². The maximum atomic E-state index is 12.7. The van der Waals surface area contributed by atoms with Gasteiger partial charge in [-0.3, -0.25) is 0 Å². The molecule has 10 nitrogen and oxygen atoms in total. The second-order valence-electron chi connectivity index (χ2n) is 13.2. The maximum absolute atomic E-state index is 12.7. The smallest absolute Gasteiger partial charge is 0.410 e. The molecule has 0 bridgehead atoms. The number of hydrogen-bond acceptors (Lipinski definition) is 8. The summed E-state index contributed by atoms with van der Waals surface area (Å²) in [4.78, 5) is 49.4. The summed E-state index contributed by atoms with van der Waals surface area (Å²) < 4.78 is 21.7. The molecule has 0 aliphatic rings. The second kappa shape index (κ2) is 23.3. The van der Waals surface area contributed by atoms with Crippen LogP contribution in [0, 0.1) is 0 Å². The molecule has 0 spiro atoms. The Balaban J connectivity index is 4.51. The summed E-state index contributed by atoms with van der Waals surface area (Å²) in [6.45, 7) is 19.9. The molecule has 0 aromatic rings. The minimum atomic E-state index is -0.588. The Kier molecular flexibility index (Phi) is 21.7. The Labute approximate surface area is 272 Å². The normalized spacial score (nSPS) is 11.4. The molecular weight excluding hydrogens is 576 g/mol. The van der Waals surface area contributed by atoms with Gasteiger partial charge in [-0.05, 0) is 92.9 Å². The summed E-state index contributed by atoms with van der Waals surface area (Å²) in [7, 11) is 1.74. The number of alkyl carbamates (subject to hydrolysis) is 1. The van der Waals surface area contributed by atoms with Gasteiger partial charge >= 0.3 is 24.1 Å². The molecule has 10 heteroatoms. The van der Waals surface area contributed by atoms with Crippen molar-refractivity contribution in [2.45, 2.75) is 143 Å². The van der Waals surface area contributed by atoms with E-state index in [9.17, 15) is 19.2 Å². The molecule has 2 amide bonds. The number of carbonyl (C=O) groups excluding carboxylic acids is 4. The van der Waals surface area contributed by atoms with E-state index < -0.39 is 17.3 Å². The Morgan fingerprint density at radius 1 is 0.644 bits per heavy atom. The molecule has 0 radical (unpaired) electrons. The summed E-state index contributed by atoms with van der Waals surface area (Å²) in [5, 5.41) is 2.90. The van der Waals surface area contributed by atoms with Crippen LogP contribution in [-0.4, -0.2) is 73.6 Å². The third-order valence-electron chi connectivity index (χ3n) is 7.10. The van der Waals surface area contributed by atoms with Gasteiger partial charge in [-0.15, -0.1) is 0 Å². The molecule has 0 unspecified atom stereocenters. The minimum Gasteiger partial charge on any atom is -0.462 e. The summed E-state index contributed by atoms with van der Waals surface area (Å²) >= 11 is 0. The Bertz CT molecular complexity index is 885. The van der Waals surface area contributed by atoms with Gasteiger partial charge in [0.05, 0.1) is 13.2 Å². The maximum Gasteiger partial charge on any atom is 0.410 e. The van der Waals surface area contributed by atoms with E-state index in [4.69, 9.17) is 18.9 Å². The van der Waals surface area contributed by atoms with E-state index in [1.807, 2.05) is 27.7 Å². The quantitative estimate of drug-likeness (QED) is 0.0488. The van der Waals surface area contributed by atoms with Crippen molar-refractivity contribution in [2.75, 3.05) is 33.4 Å². The number of amides is 2. The third kappa shape index (κ3) is 23.9. The zero-order valence-corrected chi connectivity index (χ0v) is 29.4. The van der Waals surface area contributed by atoms with Crippen molar-refractivity contribution in [1.82, 2.24) is 10.2 Å². The number of ether oxygens (including phenoxy) is 4. The fourth-order valence-electron chi connectivity index (χ4n) is 4.42. The molecule has 0 aromatic heterocycles. The molecule has 0 heterocycles. The van der Waals surface area contributed by atoms with Crippen molar-refractivity contribution < 1.29 is 38.1 Å². The summed E-state index contributed by atoms with van der Waals surface area (Å²) in [6.07, 6.45) is 11.4. The number of nitrogens with zero attached hydrogens (tertiary/aromatic N) is 1. The minimum absolute atomic E-state index is 0.317. The molecule has 0 fully saturated rings. The van der Waals surface area contributed by atoms with Crippen LogP contribution in [0.4, 0.5) is 9.59 Å². The van der Waals surface area contributed by atoms with Gasteiger partial charge in [-0.25, -0.2) is 19.2 Å². The fraction of sp³-hybridized carbons (Fsp3) is 0.771. The zero-order valence-electron chi connectivity index (χ0n) is 29.4. The van der Waals surface area contributed by atoms with Crippen LogP contribution in [-0.2, 0) is 28.5 Å². The van der Waals surface area contributed by atoms with E-state index in [-0.39, 0.29) is 18.0 Å². The Morgan fingerprint density at radius 3 is 1.56 bits per heavy atom. The number of carbonyl (C=O) groups is 4. The molecule has 1 N–H and O–H groups in total. The monoisotopic (exact) mass is 638 g/mol. The van der Waals surface area contributed by atoms with Gasteiger partial charge < -0.3 is 29.2 Å². The van der Waals surface area contributed by atoms with Crippen LogP contribution in [0.3, 0.4) is 0 Å². The predicted molar refractivity (Wildman–Crippen MR) is 178 cm³/mol. The fourth-order valence-corrected chi connectivity index (χ4v) is 4.42. The number of hydrogen-bond donors (Lipinski definition) is 1. The SMILES string of the molecule is C=C(C)C(=O)OCCCCCCC(C)(CCCCCCOC(=O)C(=C)C)OC(=O)NCCCCCCN(C)C(=O)OC(C)(C)C. The third-order valence-corrected chi connectivity index (χ3v) is 7.10. The zero-order chi connectivity index (χ0) is 34.3. The van der Waals surface area contributed by atoms with Gasteiger partial charge in [-0.2, -0.15) is 0 Å². The van der Waals surface area contributed by atoms with Crippen LogP contribution in [0.15, 0.2) is 24.3 Å². The molecule has 0 rings (SSSR count). The molecule has 0 aromatic carbocycles. The first-order valence-electron chi connectivity index (χ1n) is 16.6. The lowest BCUT2D eigenvalue weighted by atomic mass is 9.91. The van der Waals surface area contributed by atoms with Gasteiger partial charge in [0.1, 0.15) is 11.2 Å². The highest BCUT2D eigenvalue weighted by Gasteiger charge is 2.28. The summed E-state index contributed by atoms with van der Waals surface area (Å²) in [5.41, 5.74) is -0.295. The van der Waals surface area contributed by atoms with Gasteiger partial charge in [0.15, 0.2) is 0 Å². The van der Waals surface area contributed by atoms with Crippen LogP contribution < -0.4 is 5.32 Å². The molecule has 260 valence electrons. The standard InChI is InChI=1S/C35H62N2O8/c1-28(2)30(38)42-26-20-14-10-16-22-35(8,23-17-11-15-21-27-43-31(39)29(3)4)44-32(40)36-24-18-12-13-19-25-37(9)33(41)45-34(5,6)7/h1,3,10-27H2,2,4-9H3,(H,36,40). The highest BCUT2D eigenvalue weighted by atomic mass is 16.6. The van der Waals surface area contributed by atoms with Gasteiger partial charge in [-0.1, -0.05) is 51.7 Å². The average Bonchev–Trinajstić information content (AvgIpc) is 2.94. The van der Waals surface area contributed by atoms with Crippen molar-refractivity contribution in [3.63, 3.8) is 0 Å². The summed E-state index contributed by atoms with van der Waals surface area (Å²) in [6, 6.07) is 0. The molecule has 0 atom stereocenters. The van der Waals surface area contributed by atoms with Crippen LogP contribution in [0.25, 0.3) is 0 Å². The Hall–Kier alpha value is -3.04. The van der Waals surface area contributed by atoms with Crippen LogP contribution in [0.1, 0.15) is 131 Å². The van der Waals surface area contributed by atoms with E-state index in [2.05, 4.69) is 18.5 Å². The van der Waals surface area contributed by atoms with E-state index >= 15 is 0 Å². The first kappa shape index (κ1) is 42.0. The summed E-state index contributed by atoms with van der Waals surface area (Å²) in [5.74, 6) is -0.719. The molecule has 0 aliphatic carbocycles.